The molecule has 3 amide bonds. The van der Waals surface area contributed by atoms with Crippen LogP contribution in [0.5, 0.6) is 0 Å². The largest absolute Gasteiger partial charge is 0.369 e. The molecule has 1 saturated heterocycles. The van der Waals surface area contributed by atoms with Gasteiger partial charge < -0.3 is 21.3 Å². The van der Waals surface area contributed by atoms with Crippen LogP contribution in [0.3, 0.4) is 0 Å². The molecular weight excluding hydrogens is 296 g/mol. The van der Waals surface area contributed by atoms with E-state index in [4.69, 9.17) is 11.0 Å². The number of nitrogens with two attached hydrogens (primary N) is 1. The minimum absolute atomic E-state index is 0.0951. The molecule has 8 heteroatoms. The summed E-state index contributed by atoms with van der Waals surface area (Å²) in [7, 11) is 0. The quantitative estimate of drug-likeness (QED) is 0.719. The van der Waals surface area contributed by atoms with E-state index < -0.39 is 0 Å². The van der Waals surface area contributed by atoms with Gasteiger partial charge in [0.1, 0.15) is 11.8 Å². The Morgan fingerprint density at radius 3 is 2.96 bits per heavy atom. The van der Waals surface area contributed by atoms with Crippen molar-refractivity contribution in [2.45, 2.75) is 12.8 Å². The molecule has 1 atom stereocenters. The number of primary amides is 1. The summed E-state index contributed by atoms with van der Waals surface area (Å²) < 4.78 is 0. The molecule has 1 aromatic rings. The van der Waals surface area contributed by atoms with Crippen LogP contribution in [-0.2, 0) is 4.79 Å². The van der Waals surface area contributed by atoms with Gasteiger partial charge in [-0.2, -0.15) is 5.26 Å². The predicted octanol–water partition coefficient (Wildman–Crippen LogP) is 0.272. The Morgan fingerprint density at radius 2 is 2.30 bits per heavy atom. The molecule has 2 rings (SSSR count). The fourth-order valence-electron chi connectivity index (χ4n) is 2.53. The molecule has 122 valence electrons. The fourth-order valence-corrected chi connectivity index (χ4v) is 2.53. The molecule has 1 aliphatic rings. The summed E-state index contributed by atoms with van der Waals surface area (Å²) in [5.41, 5.74) is 6.16. The number of aromatic nitrogens is 1. The van der Waals surface area contributed by atoms with Crippen molar-refractivity contribution >= 4 is 17.6 Å². The van der Waals surface area contributed by atoms with Crippen LogP contribution < -0.4 is 16.4 Å². The van der Waals surface area contributed by atoms with E-state index in [2.05, 4.69) is 20.5 Å². The number of pyridine rings is 1. The van der Waals surface area contributed by atoms with Crippen LogP contribution in [-0.4, -0.2) is 48.0 Å². The van der Waals surface area contributed by atoms with Gasteiger partial charge in [0.05, 0.1) is 17.8 Å². The fraction of sp³-hybridized carbons (Fsp3) is 0.467. The molecule has 0 spiro atoms. The monoisotopic (exact) mass is 316 g/mol. The standard InChI is InChI=1S/C15H20N6O2/c16-8-12-3-4-13(9-19-12)20-15(23)18-5-7-21-6-1-2-11(10-21)14(17)22/h3-4,9,11H,1-2,5-7,10H2,(H2,17,22)(H2,18,20,23)/t11-/m1/s1. The summed E-state index contributed by atoms with van der Waals surface area (Å²) in [6.07, 6.45) is 3.21. The van der Waals surface area contributed by atoms with Gasteiger partial charge >= 0.3 is 6.03 Å². The molecular formula is C15H20N6O2. The molecule has 0 radical (unpaired) electrons. The van der Waals surface area contributed by atoms with E-state index >= 15 is 0 Å². The van der Waals surface area contributed by atoms with Crippen molar-refractivity contribution in [1.29, 1.82) is 5.26 Å². The van der Waals surface area contributed by atoms with Crippen LogP contribution in [0.4, 0.5) is 10.5 Å². The van der Waals surface area contributed by atoms with Gasteiger partial charge in [0.2, 0.25) is 5.91 Å². The molecule has 4 N–H and O–H groups in total. The molecule has 1 aromatic heterocycles. The maximum atomic E-state index is 11.8. The first-order chi connectivity index (χ1) is 11.1. The van der Waals surface area contributed by atoms with Crippen LogP contribution in [0, 0.1) is 17.2 Å². The number of piperidine rings is 1. The summed E-state index contributed by atoms with van der Waals surface area (Å²) in [6.45, 7) is 2.70. The zero-order valence-electron chi connectivity index (χ0n) is 12.8. The summed E-state index contributed by atoms with van der Waals surface area (Å²) in [4.78, 5) is 29.0. The number of nitrogens with zero attached hydrogens (tertiary/aromatic N) is 3. The number of nitrogens with one attached hydrogen (secondary N) is 2. The summed E-state index contributed by atoms with van der Waals surface area (Å²) in [6, 6.07) is 4.73. The highest BCUT2D eigenvalue weighted by Crippen LogP contribution is 2.15. The number of likely N-dealkylation sites (tertiary alicyclic amines) is 1. The van der Waals surface area contributed by atoms with Crippen molar-refractivity contribution in [3.8, 4) is 6.07 Å². The second-order valence-corrected chi connectivity index (χ2v) is 5.47. The van der Waals surface area contributed by atoms with Crippen LogP contribution in [0.1, 0.15) is 18.5 Å². The summed E-state index contributed by atoms with van der Waals surface area (Å²) >= 11 is 0. The van der Waals surface area contributed by atoms with Gasteiger partial charge in [0, 0.05) is 19.6 Å². The SMILES string of the molecule is N#Cc1ccc(NC(=O)NCCN2CCC[C@@H](C(N)=O)C2)cn1. The zero-order chi connectivity index (χ0) is 16.7. The van der Waals surface area contributed by atoms with Crippen LogP contribution in [0.2, 0.25) is 0 Å². The number of nitriles is 1. The smallest absolute Gasteiger partial charge is 0.319 e. The Balaban J connectivity index is 1.70. The van der Waals surface area contributed by atoms with Gasteiger partial charge in [-0.1, -0.05) is 0 Å². The normalized spacial score (nSPS) is 18.0. The van der Waals surface area contributed by atoms with Crippen molar-refractivity contribution < 1.29 is 9.59 Å². The Labute approximate surface area is 134 Å². The van der Waals surface area contributed by atoms with Crippen molar-refractivity contribution in [2.24, 2.45) is 11.7 Å². The molecule has 0 saturated carbocycles. The zero-order valence-corrected chi connectivity index (χ0v) is 12.8. The number of urea groups is 1. The maximum Gasteiger partial charge on any atom is 0.319 e. The molecule has 0 bridgehead atoms. The average Bonchev–Trinajstić information content (AvgIpc) is 2.56. The molecule has 8 nitrogen and oxygen atoms in total. The highest BCUT2D eigenvalue weighted by Gasteiger charge is 2.23. The Kier molecular flexibility index (Phi) is 5.88. The number of anilines is 1. The van der Waals surface area contributed by atoms with Gasteiger partial charge in [0.25, 0.3) is 0 Å². The Morgan fingerprint density at radius 1 is 1.48 bits per heavy atom. The van der Waals surface area contributed by atoms with E-state index in [1.807, 2.05) is 6.07 Å². The first kappa shape index (κ1) is 16.7. The topological polar surface area (TPSA) is 124 Å². The maximum absolute atomic E-state index is 11.8. The average molecular weight is 316 g/mol. The molecule has 0 aliphatic carbocycles. The third-order valence-electron chi connectivity index (χ3n) is 3.76. The van der Waals surface area contributed by atoms with E-state index in [1.165, 1.54) is 12.3 Å². The molecule has 23 heavy (non-hydrogen) atoms. The van der Waals surface area contributed by atoms with Crippen molar-refractivity contribution in [2.75, 3.05) is 31.5 Å². The van der Waals surface area contributed by atoms with Crippen molar-refractivity contribution in [3.63, 3.8) is 0 Å². The van der Waals surface area contributed by atoms with E-state index in [0.717, 1.165) is 19.4 Å². The van der Waals surface area contributed by atoms with Gasteiger partial charge in [-0.25, -0.2) is 9.78 Å². The van der Waals surface area contributed by atoms with Crippen molar-refractivity contribution in [1.82, 2.24) is 15.2 Å². The number of carbonyl (C=O) groups excluding carboxylic acids is 2. The molecule has 2 heterocycles. The molecule has 0 aromatic carbocycles. The third kappa shape index (κ3) is 5.23. The number of hydrogen-bond donors (Lipinski definition) is 3. The first-order valence-electron chi connectivity index (χ1n) is 7.51. The van der Waals surface area contributed by atoms with Gasteiger partial charge in [0.15, 0.2) is 0 Å². The second-order valence-electron chi connectivity index (χ2n) is 5.47. The van der Waals surface area contributed by atoms with E-state index in [0.29, 0.717) is 31.0 Å². The van der Waals surface area contributed by atoms with Crippen molar-refractivity contribution in [3.05, 3.63) is 24.0 Å². The molecule has 1 fully saturated rings. The van der Waals surface area contributed by atoms with Gasteiger partial charge in [-0.15, -0.1) is 0 Å². The van der Waals surface area contributed by atoms with Gasteiger partial charge in [-0.05, 0) is 31.5 Å². The lowest BCUT2D eigenvalue weighted by Gasteiger charge is -2.31. The van der Waals surface area contributed by atoms with Crippen LogP contribution in [0.25, 0.3) is 0 Å². The number of amides is 3. The predicted molar refractivity (Wildman–Crippen MR) is 84.3 cm³/mol. The van der Waals surface area contributed by atoms with Gasteiger partial charge in [-0.3, -0.25) is 4.79 Å². The summed E-state index contributed by atoms with van der Waals surface area (Å²) in [5.74, 6) is -0.351. The highest BCUT2D eigenvalue weighted by molar-refractivity contribution is 5.89. The van der Waals surface area contributed by atoms with Crippen LogP contribution in [0.15, 0.2) is 18.3 Å². The van der Waals surface area contributed by atoms with Crippen LogP contribution >= 0.6 is 0 Å². The van der Waals surface area contributed by atoms with E-state index in [1.54, 1.807) is 6.07 Å². The van der Waals surface area contributed by atoms with E-state index in [-0.39, 0.29) is 17.9 Å². The summed E-state index contributed by atoms with van der Waals surface area (Å²) in [5, 5.41) is 14.1. The lowest BCUT2D eigenvalue weighted by molar-refractivity contribution is -0.123. The molecule has 1 aliphatic heterocycles. The lowest BCUT2D eigenvalue weighted by atomic mass is 9.97. The highest BCUT2D eigenvalue weighted by atomic mass is 16.2. The minimum atomic E-state index is -0.333. The Hall–Kier alpha value is -2.66. The number of hydrogen-bond acceptors (Lipinski definition) is 5. The third-order valence-corrected chi connectivity index (χ3v) is 3.76. The lowest BCUT2D eigenvalue weighted by Crippen LogP contribution is -2.44. The number of carbonyl (C=O) groups is 2. The molecule has 0 unspecified atom stereocenters. The minimum Gasteiger partial charge on any atom is -0.369 e. The number of rotatable bonds is 5. The first-order valence-corrected chi connectivity index (χ1v) is 7.51. The Bertz CT molecular complexity index is 595. The van der Waals surface area contributed by atoms with E-state index in [9.17, 15) is 9.59 Å². The second kappa shape index (κ2) is 8.10.